The molecule has 136 valence electrons. The van der Waals surface area contributed by atoms with E-state index in [-0.39, 0.29) is 11.5 Å². The van der Waals surface area contributed by atoms with Crippen LogP contribution in [0.2, 0.25) is 0 Å². The molecular weight excluding hydrogens is 320 g/mol. The van der Waals surface area contributed by atoms with E-state index in [0.717, 1.165) is 19.3 Å². The third-order valence-corrected chi connectivity index (χ3v) is 7.74. The highest BCUT2D eigenvalue weighted by Gasteiger charge is 2.55. The lowest BCUT2D eigenvalue weighted by Crippen LogP contribution is -2.43. The maximum atomic E-state index is 10.5. The second-order valence-electron chi connectivity index (χ2n) is 9.18. The van der Waals surface area contributed by atoms with Crippen LogP contribution in [0, 0.1) is 17.3 Å². The second kappa shape index (κ2) is 5.85. The Morgan fingerprint density at radius 2 is 1.85 bits per heavy atom. The number of hydrogen-bond acceptors (Lipinski definition) is 2. The molecule has 0 bridgehead atoms. The molecule has 0 radical (unpaired) electrons. The Labute approximate surface area is 155 Å². The fraction of sp³-hybridized carbons (Fsp3) is 0.500. The van der Waals surface area contributed by atoms with Crippen LogP contribution in [0.15, 0.2) is 48.5 Å². The van der Waals surface area contributed by atoms with Gasteiger partial charge in [-0.2, -0.15) is 0 Å². The molecule has 0 unspecified atom stereocenters. The first kappa shape index (κ1) is 16.4. The zero-order valence-electron chi connectivity index (χ0n) is 15.4. The summed E-state index contributed by atoms with van der Waals surface area (Å²) in [4.78, 5) is 0. The Morgan fingerprint density at radius 1 is 1.04 bits per heavy atom. The Bertz CT molecular complexity index is 814. The Morgan fingerprint density at radius 3 is 2.65 bits per heavy atom. The lowest BCUT2D eigenvalue weighted by atomic mass is 9.52. The largest absolute Gasteiger partial charge is 0.508 e. The summed E-state index contributed by atoms with van der Waals surface area (Å²) in [7, 11) is 0. The van der Waals surface area contributed by atoms with E-state index < -0.39 is 0 Å². The lowest BCUT2D eigenvalue weighted by molar-refractivity contribution is 0.0468. The predicted octanol–water partition coefficient (Wildman–Crippen LogP) is 5.00. The molecule has 26 heavy (non-hydrogen) atoms. The molecule has 3 aliphatic rings. The number of rotatable bonds is 1. The molecule has 0 spiro atoms. The Hall–Kier alpha value is -1.80. The molecule has 0 amide bonds. The summed E-state index contributed by atoms with van der Waals surface area (Å²) in [6, 6.07) is 16.9. The molecule has 2 nitrogen and oxygen atoms in total. The SMILES string of the molecule is C[C@]12CC[C@@H]3c4ccc(O)cc4C[C@H](c4ccccc4)[C@H]3[C@@H]1C[C@H](O)C2. The maximum Gasteiger partial charge on any atom is 0.115 e. The minimum atomic E-state index is -0.138. The molecular formula is C24H28O2. The molecule has 0 heterocycles. The highest BCUT2D eigenvalue weighted by Crippen LogP contribution is 2.63. The number of benzene rings is 2. The molecule has 6 atom stereocenters. The first-order valence-electron chi connectivity index (χ1n) is 10.1. The summed E-state index contributed by atoms with van der Waals surface area (Å²) in [5.74, 6) is 2.58. The van der Waals surface area contributed by atoms with Gasteiger partial charge in [-0.1, -0.05) is 43.3 Å². The number of aliphatic hydroxyl groups excluding tert-OH is 1. The minimum absolute atomic E-state index is 0.138. The Balaban J connectivity index is 1.64. The average Bonchev–Trinajstić information content (AvgIpc) is 2.95. The summed E-state index contributed by atoms with van der Waals surface area (Å²) < 4.78 is 0. The van der Waals surface area contributed by atoms with Gasteiger partial charge < -0.3 is 10.2 Å². The number of aromatic hydroxyl groups is 1. The first-order valence-corrected chi connectivity index (χ1v) is 10.1. The van der Waals surface area contributed by atoms with Crippen molar-refractivity contribution in [3.63, 3.8) is 0 Å². The van der Waals surface area contributed by atoms with Crippen LogP contribution in [0.4, 0.5) is 0 Å². The van der Waals surface area contributed by atoms with Crippen LogP contribution in [-0.2, 0) is 6.42 Å². The van der Waals surface area contributed by atoms with Gasteiger partial charge in [0.1, 0.15) is 5.75 Å². The van der Waals surface area contributed by atoms with E-state index >= 15 is 0 Å². The van der Waals surface area contributed by atoms with E-state index in [1.54, 1.807) is 0 Å². The van der Waals surface area contributed by atoms with Crippen LogP contribution >= 0.6 is 0 Å². The number of aliphatic hydroxyl groups is 1. The third-order valence-electron chi connectivity index (χ3n) is 7.74. The van der Waals surface area contributed by atoms with Crippen molar-refractivity contribution < 1.29 is 10.2 Å². The van der Waals surface area contributed by atoms with E-state index in [1.165, 1.54) is 29.5 Å². The quantitative estimate of drug-likeness (QED) is 0.761. The molecule has 3 aliphatic carbocycles. The van der Waals surface area contributed by atoms with E-state index in [4.69, 9.17) is 0 Å². The van der Waals surface area contributed by atoms with E-state index in [2.05, 4.69) is 43.3 Å². The van der Waals surface area contributed by atoms with Crippen molar-refractivity contribution in [1.82, 2.24) is 0 Å². The first-order chi connectivity index (χ1) is 12.5. The normalized spacial score (nSPS) is 38.3. The molecule has 2 heteroatoms. The van der Waals surface area contributed by atoms with Gasteiger partial charge in [0.15, 0.2) is 0 Å². The molecule has 2 fully saturated rings. The van der Waals surface area contributed by atoms with Gasteiger partial charge in [-0.25, -0.2) is 0 Å². The van der Waals surface area contributed by atoms with Gasteiger partial charge >= 0.3 is 0 Å². The number of hydrogen-bond donors (Lipinski definition) is 2. The van der Waals surface area contributed by atoms with Crippen molar-refractivity contribution >= 4 is 0 Å². The van der Waals surface area contributed by atoms with Gasteiger partial charge in [0.05, 0.1) is 6.10 Å². The van der Waals surface area contributed by atoms with Crippen molar-refractivity contribution in [3.05, 3.63) is 65.2 Å². The van der Waals surface area contributed by atoms with Crippen molar-refractivity contribution in [3.8, 4) is 5.75 Å². The van der Waals surface area contributed by atoms with Crippen molar-refractivity contribution in [2.24, 2.45) is 17.3 Å². The van der Waals surface area contributed by atoms with Gasteiger partial charge in [0.25, 0.3) is 0 Å². The van der Waals surface area contributed by atoms with Crippen molar-refractivity contribution in [2.75, 3.05) is 0 Å². The highest BCUT2D eigenvalue weighted by atomic mass is 16.3. The highest BCUT2D eigenvalue weighted by molar-refractivity contribution is 5.43. The minimum Gasteiger partial charge on any atom is -0.508 e. The zero-order valence-corrected chi connectivity index (χ0v) is 15.4. The fourth-order valence-corrected chi connectivity index (χ4v) is 6.69. The van der Waals surface area contributed by atoms with Gasteiger partial charge in [0, 0.05) is 0 Å². The molecule has 0 aliphatic heterocycles. The van der Waals surface area contributed by atoms with E-state index in [1.807, 2.05) is 12.1 Å². The number of phenols is 1. The standard InChI is InChI=1S/C24H28O2/c1-24-10-9-20-19-8-7-17(25)11-16(19)12-21(15-5-3-2-4-6-15)23(20)22(24)13-18(26)14-24/h2-8,11,18,20-23,25-26H,9-10,12-14H2,1H3/t18-,20+,21+,22-,23-,24+/m0/s1. The molecule has 2 aromatic rings. The summed E-state index contributed by atoms with van der Waals surface area (Å²) >= 11 is 0. The number of fused-ring (bicyclic) bond motifs is 5. The van der Waals surface area contributed by atoms with Crippen LogP contribution in [0.3, 0.4) is 0 Å². The van der Waals surface area contributed by atoms with Crippen LogP contribution in [0.5, 0.6) is 5.75 Å². The molecule has 0 aromatic heterocycles. The zero-order chi connectivity index (χ0) is 17.9. The van der Waals surface area contributed by atoms with Gasteiger partial charge in [-0.3, -0.25) is 0 Å². The van der Waals surface area contributed by atoms with Crippen LogP contribution in [-0.4, -0.2) is 16.3 Å². The summed E-state index contributed by atoms with van der Waals surface area (Å²) in [5, 5.41) is 20.5. The molecule has 2 aromatic carbocycles. The van der Waals surface area contributed by atoms with E-state index in [9.17, 15) is 10.2 Å². The van der Waals surface area contributed by atoms with Gasteiger partial charge in [-0.05, 0) is 90.0 Å². The molecule has 2 saturated carbocycles. The maximum absolute atomic E-state index is 10.5. The van der Waals surface area contributed by atoms with Crippen molar-refractivity contribution in [1.29, 1.82) is 0 Å². The molecule has 5 rings (SSSR count). The van der Waals surface area contributed by atoms with E-state index in [0.29, 0.717) is 29.4 Å². The second-order valence-corrected chi connectivity index (χ2v) is 9.18. The average molecular weight is 348 g/mol. The van der Waals surface area contributed by atoms with Crippen LogP contribution < -0.4 is 0 Å². The summed E-state index contributed by atoms with van der Waals surface area (Å²) in [6.07, 6.45) is 5.18. The smallest absolute Gasteiger partial charge is 0.115 e. The Kier molecular flexibility index (Phi) is 3.69. The lowest BCUT2D eigenvalue weighted by Gasteiger charge is -2.52. The molecule has 2 N–H and O–H groups in total. The number of phenolic OH excluding ortho intramolecular Hbond substituents is 1. The van der Waals surface area contributed by atoms with Gasteiger partial charge in [0.2, 0.25) is 0 Å². The summed E-state index contributed by atoms with van der Waals surface area (Å²) in [5.41, 5.74) is 4.47. The fourth-order valence-electron chi connectivity index (χ4n) is 6.69. The van der Waals surface area contributed by atoms with Gasteiger partial charge in [-0.15, -0.1) is 0 Å². The third kappa shape index (κ3) is 2.42. The topological polar surface area (TPSA) is 40.5 Å². The summed E-state index contributed by atoms with van der Waals surface area (Å²) in [6.45, 7) is 2.42. The van der Waals surface area contributed by atoms with Crippen LogP contribution in [0.1, 0.15) is 61.1 Å². The predicted molar refractivity (Wildman–Crippen MR) is 103 cm³/mol. The van der Waals surface area contributed by atoms with Crippen LogP contribution in [0.25, 0.3) is 0 Å². The van der Waals surface area contributed by atoms with Crippen molar-refractivity contribution in [2.45, 2.75) is 57.0 Å². The molecule has 0 saturated heterocycles. The monoisotopic (exact) mass is 348 g/mol.